The number of aromatic nitrogens is 1. The number of nitrogens with one attached hydrogen (secondary N) is 3. The number of carbonyl (C=O) groups excluding carboxylic acids is 1. The average molecular weight is 351 g/mol. The molecule has 1 aromatic heterocycles. The summed E-state index contributed by atoms with van der Waals surface area (Å²) in [7, 11) is 0. The van der Waals surface area contributed by atoms with Crippen molar-refractivity contribution in [1.82, 2.24) is 10.3 Å². The van der Waals surface area contributed by atoms with E-state index in [9.17, 15) is 4.79 Å². The van der Waals surface area contributed by atoms with Crippen LogP contribution in [0.15, 0.2) is 54.7 Å². The van der Waals surface area contributed by atoms with Crippen LogP contribution in [-0.4, -0.2) is 35.7 Å². The lowest BCUT2D eigenvalue weighted by molar-refractivity contribution is 0.0955. The maximum absolute atomic E-state index is 12.5. The lowest BCUT2D eigenvalue weighted by Crippen LogP contribution is -2.26. The van der Waals surface area contributed by atoms with Gasteiger partial charge >= 0.3 is 0 Å². The highest BCUT2D eigenvalue weighted by atomic mass is 16.2. The molecule has 136 valence electrons. The van der Waals surface area contributed by atoms with Gasteiger partial charge in [0.25, 0.3) is 5.91 Å². The minimum atomic E-state index is -0.0740. The molecule has 2 aromatic carbocycles. The minimum Gasteiger partial charge on any atom is -0.396 e. The summed E-state index contributed by atoms with van der Waals surface area (Å²) in [5.74, 6) is -0.0740. The van der Waals surface area contributed by atoms with Gasteiger partial charge in [0.05, 0.1) is 5.56 Å². The van der Waals surface area contributed by atoms with Crippen molar-refractivity contribution < 1.29 is 9.90 Å². The molecular formula is C21H25N3O2. The summed E-state index contributed by atoms with van der Waals surface area (Å²) >= 11 is 0. The summed E-state index contributed by atoms with van der Waals surface area (Å²) < 4.78 is 0. The molecule has 0 radical (unpaired) electrons. The van der Waals surface area contributed by atoms with Crippen LogP contribution in [0.25, 0.3) is 10.9 Å². The third kappa shape index (κ3) is 4.43. The quantitative estimate of drug-likeness (QED) is 0.447. The Morgan fingerprint density at radius 1 is 1.00 bits per heavy atom. The normalized spacial score (nSPS) is 10.8. The number of rotatable bonds is 9. The molecule has 5 heteroatoms. The number of benzene rings is 2. The maximum Gasteiger partial charge on any atom is 0.253 e. The number of para-hydroxylation sites is 2. The molecule has 3 rings (SSSR count). The number of H-pyrrole nitrogens is 1. The zero-order valence-corrected chi connectivity index (χ0v) is 14.8. The zero-order chi connectivity index (χ0) is 18.2. The Bertz CT molecular complexity index is 857. The molecule has 26 heavy (non-hydrogen) atoms. The predicted molar refractivity (Wildman–Crippen MR) is 106 cm³/mol. The van der Waals surface area contributed by atoms with Crippen LogP contribution in [0.4, 0.5) is 5.69 Å². The van der Waals surface area contributed by atoms with Gasteiger partial charge in [-0.2, -0.15) is 0 Å². The number of hydrogen-bond acceptors (Lipinski definition) is 3. The number of hydrogen-bond donors (Lipinski definition) is 4. The number of anilines is 1. The monoisotopic (exact) mass is 351 g/mol. The Morgan fingerprint density at radius 3 is 2.69 bits per heavy atom. The Kier molecular flexibility index (Phi) is 6.28. The van der Waals surface area contributed by atoms with Crippen LogP contribution in [-0.2, 0) is 6.42 Å². The van der Waals surface area contributed by atoms with E-state index in [2.05, 4.69) is 27.8 Å². The zero-order valence-electron chi connectivity index (χ0n) is 14.8. The van der Waals surface area contributed by atoms with Gasteiger partial charge in [-0.3, -0.25) is 4.79 Å². The topological polar surface area (TPSA) is 77.2 Å². The van der Waals surface area contributed by atoms with Crippen LogP contribution in [0.3, 0.4) is 0 Å². The third-order valence-corrected chi connectivity index (χ3v) is 4.43. The molecule has 1 heterocycles. The van der Waals surface area contributed by atoms with Gasteiger partial charge in [0.15, 0.2) is 0 Å². The first-order valence-electron chi connectivity index (χ1n) is 9.06. The van der Waals surface area contributed by atoms with Crippen LogP contribution in [0.5, 0.6) is 0 Å². The van der Waals surface area contributed by atoms with Crippen molar-refractivity contribution in [2.45, 2.75) is 19.3 Å². The van der Waals surface area contributed by atoms with Crippen molar-refractivity contribution in [1.29, 1.82) is 0 Å². The summed E-state index contributed by atoms with van der Waals surface area (Å²) in [6.45, 7) is 1.51. The van der Waals surface area contributed by atoms with Gasteiger partial charge in [0, 0.05) is 42.5 Å². The molecule has 0 aliphatic heterocycles. The number of amides is 1. The number of aliphatic hydroxyl groups excluding tert-OH is 1. The molecule has 0 saturated carbocycles. The van der Waals surface area contributed by atoms with E-state index in [0.29, 0.717) is 12.1 Å². The number of aliphatic hydroxyl groups is 1. The molecule has 0 bridgehead atoms. The summed E-state index contributed by atoms with van der Waals surface area (Å²) in [5, 5.41) is 16.3. The molecule has 5 nitrogen and oxygen atoms in total. The van der Waals surface area contributed by atoms with Gasteiger partial charge < -0.3 is 20.7 Å². The van der Waals surface area contributed by atoms with Crippen molar-refractivity contribution in [3.8, 4) is 0 Å². The third-order valence-electron chi connectivity index (χ3n) is 4.43. The summed E-state index contributed by atoms with van der Waals surface area (Å²) in [5.41, 5.74) is 3.80. The second kappa shape index (κ2) is 9.06. The molecule has 0 saturated heterocycles. The van der Waals surface area contributed by atoms with Crippen LogP contribution < -0.4 is 10.6 Å². The van der Waals surface area contributed by atoms with Crippen molar-refractivity contribution in [2.24, 2.45) is 0 Å². The van der Waals surface area contributed by atoms with E-state index in [-0.39, 0.29) is 12.5 Å². The van der Waals surface area contributed by atoms with Gasteiger partial charge in [-0.1, -0.05) is 30.3 Å². The Labute approximate surface area is 153 Å². The van der Waals surface area contributed by atoms with Gasteiger partial charge in [0.2, 0.25) is 0 Å². The predicted octanol–water partition coefficient (Wildman–Crippen LogP) is 3.32. The number of fused-ring (bicyclic) bond motifs is 1. The fourth-order valence-corrected chi connectivity index (χ4v) is 3.04. The van der Waals surface area contributed by atoms with Crippen molar-refractivity contribution in [2.75, 3.05) is 25.0 Å². The lowest BCUT2D eigenvalue weighted by atomic mass is 10.1. The molecule has 3 aromatic rings. The van der Waals surface area contributed by atoms with E-state index in [1.165, 1.54) is 10.9 Å². The van der Waals surface area contributed by atoms with Crippen LogP contribution in [0, 0.1) is 0 Å². The highest BCUT2D eigenvalue weighted by molar-refractivity contribution is 5.99. The number of carbonyl (C=O) groups is 1. The Balaban J connectivity index is 1.56. The molecule has 0 spiro atoms. The van der Waals surface area contributed by atoms with E-state index in [1.807, 2.05) is 42.6 Å². The van der Waals surface area contributed by atoms with Crippen molar-refractivity contribution >= 4 is 22.5 Å². The summed E-state index contributed by atoms with van der Waals surface area (Å²) in [6.07, 6.45) is 4.41. The van der Waals surface area contributed by atoms with E-state index in [4.69, 9.17) is 5.11 Å². The minimum absolute atomic E-state index is 0.0740. The second-order valence-corrected chi connectivity index (χ2v) is 6.27. The van der Waals surface area contributed by atoms with E-state index in [1.54, 1.807) is 0 Å². The van der Waals surface area contributed by atoms with E-state index in [0.717, 1.165) is 37.0 Å². The average Bonchev–Trinajstić information content (AvgIpc) is 3.09. The summed E-state index contributed by atoms with van der Waals surface area (Å²) in [4.78, 5) is 15.8. The van der Waals surface area contributed by atoms with Gasteiger partial charge in [-0.05, 0) is 43.0 Å². The SMILES string of the molecule is O=C(NCCc1c[nH]c2ccccc12)c1ccccc1NCCCCO. The van der Waals surface area contributed by atoms with Gasteiger partial charge in [-0.15, -0.1) is 0 Å². The van der Waals surface area contributed by atoms with Gasteiger partial charge in [-0.25, -0.2) is 0 Å². The molecule has 0 aliphatic rings. The maximum atomic E-state index is 12.5. The highest BCUT2D eigenvalue weighted by Gasteiger charge is 2.10. The lowest BCUT2D eigenvalue weighted by Gasteiger charge is -2.12. The first kappa shape index (κ1) is 18.0. The molecule has 0 atom stereocenters. The standard InChI is InChI=1S/C21H25N3O2/c25-14-6-5-12-22-20-10-4-2-8-18(20)21(26)23-13-11-16-15-24-19-9-3-1-7-17(16)19/h1-4,7-10,15,22,24-25H,5-6,11-14H2,(H,23,26). The van der Waals surface area contributed by atoms with E-state index < -0.39 is 0 Å². The molecule has 1 amide bonds. The second-order valence-electron chi connectivity index (χ2n) is 6.27. The van der Waals surface area contributed by atoms with E-state index >= 15 is 0 Å². The van der Waals surface area contributed by atoms with Gasteiger partial charge in [0.1, 0.15) is 0 Å². The number of unbranched alkanes of at least 4 members (excludes halogenated alkanes) is 1. The first-order chi connectivity index (χ1) is 12.8. The van der Waals surface area contributed by atoms with Crippen molar-refractivity contribution in [3.63, 3.8) is 0 Å². The molecule has 0 unspecified atom stereocenters. The summed E-state index contributed by atoms with van der Waals surface area (Å²) in [6, 6.07) is 15.7. The first-order valence-corrected chi connectivity index (χ1v) is 9.06. The molecule has 0 aliphatic carbocycles. The van der Waals surface area contributed by atoms with Crippen LogP contribution in [0.1, 0.15) is 28.8 Å². The van der Waals surface area contributed by atoms with Crippen LogP contribution in [0.2, 0.25) is 0 Å². The Morgan fingerprint density at radius 2 is 1.81 bits per heavy atom. The highest BCUT2D eigenvalue weighted by Crippen LogP contribution is 2.18. The van der Waals surface area contributed by atoms with Crippen LogP contribution >= 0.6 is 0 Å². The molecule has 4 N–H and O–H groups in total. The Hall–Kier alpha value is -2.79. The fraction of sp³-hybridized carbons (Fsp3) is 0.286. The van der Waals surface area contributed by atoms with Crippen molar-refractivity contribution in [3.05, 3.63) is 65.9 Å². The molecular weight excluding hydrogens is 326 g/mol. The largest absolute Gasteiger partial charge is 0.396 e. The fourth-order valence-electron chi connectivity index (χ4n) is 3.04. The smallest absolute Gasteiger partial charge is 0.253 e. The molecule has 0 fully saturated rings. The number of aromatic amines is 1.